The third-order valence-electron chi connectivity index (χ3n) is 8.52. The fraction of sp³-hybridized carbons (Fsp3) is 0.759. The van der Waals surface area contributed by atoms with Crippen LogP contribution in [0.2, 0.25) is 0 Å². The second-order valence-electron chi connectivity index (χ2n) is 11.7. The second-order valence-corrected chi connectivity index (χ2v) is 11.7. The van der Waals surface area contributed by atoms with Gasteiger partial charge in [0.1, 0.15) is 0 Å². The van der Waals surface area contributed by atoms with Crippen molar-refractivity contribution in [2.24, 2.45) is 11.3 Å². The summed E-state index contributed by atoms with van der Waals surface area (Å²) < 4.78 is 0. The first-order chi connectivity index (χ1) is 15.5. The Morgan fingerprint density at radius 1 is 0.844 bits per heavy atom. The van der Waals surface area contributed by atoms with Crippen molar-refractivity contribution in [1.29, 1.82) is 0 Å². The molecule has 2 heterocycles. The van der Waals surface area contributed by atoms with Crippen LogP contribution in [0.1, 0.15) is 90.5 Å². The topological polar surface area (TPSA) is 9.72 Å². The second kappa shape index (κ2) is 10.8. The first-order valence-electron chi connectivity index (χ1n) is 13.6. The van der Waals surface area contributed by atoms with Crippen LogP contribution in [-0.4, -0.2) is 50.7 Å². The number of nitrogens with zero attached hydrogens (tertiary/aromatic N) is 3. The molecule has 0 amide bonds. The van der Waals surface area contributed by atoms with Gasteiger partial charge in [-0.3, -0.25) is 4.90 Å². The molecule has 3 heteroatoms. The molecule has 1 radical (unpaired) electrons. The van der Waals surface area contributed by atoms with Crippen LogP contribution in [0.4, 0.5) is 11.4 Å². The van der Waals surface area contributed by atoms with Gasteiger partial charge in [0.2, 0.25) is 0 Å². The van der Waals surface area contributed by atoms with Crippen molar-refractivity contribution in [3.63, 3.8) is 0 Å². The Morgan fingerprint density at radius 3 is 2.16 bits per heavy atom. The van der Waals surface area contributed by atoms with Gasteiger partial charge in [-0.15, -0.1) is 0 Å². The first-order valence-corrected chi connectivity index (χ1v) is 13.6. The molecule has 3 nitrogen and oxygen atoms in total. The van der Waals surface area contributed by atoms with Gasteiger partial charge in [0.15, 0.2) is 0 Å². The van der Waals surface area contributed by atoms with Crippen LogP contribution in [0, 0.1) is 17.8 Å². The lowest BCUT2D eigenvalue weighted by molar-refractivity contribution is 0.169. The maximum atomic E-state index is 2.71. The zero-order valence-corrected chi connectivity index (χ0v) is 21.4. The predicted octanol–water partition coefficient (Wildman–Crippen LogP) is 6.73. The molecule has 4 rings (SSSR count). The fourth-order valence-corrected chi connectivity index (χ4v) is 6.23. The Balaban J connectivity index is 1.52. The zero-order chi connectivity index (χ0) is 22.6. The summed E-state index contributed by atoms with van der Waals surface area (Å²) in [5, 5.41) is 0. The van der Waals surface area contributed by atoms with Crippen molar-refractivity contribution in [2.75, 3.05) is 55.6 Å². The molecule has 1 aromatic rings. The summed E-state index contributed by atoms with van der Waals surface area (Å²) in [7, 11) is 0. The van der Waals surface area contributed by atoms with Gasteiger partial charge in [0, 0.05) is 50.6 Å². The molecule has 3 aliphatic rings. The molecule has 0 bridgehead atoms. The number of hydrogen-bond acceptors (Lipinski definition) is 3. The molecule has 0 unspecified atom stereocenters. The molecule has 2 aliphatic heterocycles. The number of benzene rings is 1. The molecule has 0 atom stereocenters. The smallest absolute Gasteiger partial charge is 0.0404 e. The van der Waals surface area contributed by atoms with E-state index in [4.69, 9.17) is 0 Å². The van der Waals surface area contributed by atoms with Gasteiger partial charge in [0.05, 0.1) is 0 Å². The van der Waals surface area contributed by atoms with Crippen molar-refractivity contribution >= 4 is 11.4 Å². The highest BCUT2D eigenvalue weighted by Crippen LogP contribution is 2.46. The summed E-state index contributed by atoms with van der Waals surface area (Å²) in [6.07, 6.45) is 13.1. The van der Waals surface area contributed by atoms with Gasteiger partial charge in [-0.05, 0) is 98.9 Å². The Kier molecular flexibility index (Phi) is 8.08. The standard InChI is InChI=1S/C29H48N3/c1-5-6-16-30-19-21-32(22-20-30)28-15-14-26(31-17-8-7-9-18-31)23-27(28)24-10-12-25(13-11-24)29(2,3)4/h7,14-15,23-25H,5-6,8-13,16-22H2,1-4H3. The average molecular weight is 439 g/mol. The minimum Gasteiger partial charge on any atom is -0.372 e. The van der Waals surface area contributed by atoms with E-state index >= 15 is 0 Å². The molecule has 1 aromatic carbocycles. The van der Waals surface area contributed by atoms with Crippen molar-refractivity contribution in [1.82, 2.24) is 4.90 Å². The Morgan fingerprint density at radius 2 is 1.53 bits per heavy atom. The monoisotopic (exact) mass is 438 g/mol. The van der Waals surface area contributed by atoms with Crippen molar-refractivity contribution in [2.45, 2.75) is 85.0 Å². The van der Waals surface area contributed by atoms with Crippen LogP contribution in [0.15, 0.2) is 18.2 Å². The van der Waals surface area contributed by atoms with E-state index in [1.807, 2.05) is 0 Å². The molecule has 1 aliphatic carbocycles. The Labute approximate surface area is 198 Å². The lowest BCUT2D eigenvalue weighted by Crippen LogP contribution is -2.47. The van der Waals surface area contributed by atoms with Crippen LogP contribution in [0.25, 0.3) is 0 Å². The quantitative estimate of drug-likeness (QED) is 0.487. The van der Waals surface area contributed by atoms with Crippen LogP contribution in [0.3, 0.4) is 0 Å². The number of hydrogen-bond donors (Lipinski definition) is 0. The maximum Gasteiger partial charge on any atom is 0.0404 e. The largest absolute Gasteiger partial charge is 0.372 e. The normalized spacial score (nSPS) is 25.9. The molecule has 32 heavy (non-hydrogen) atoms. The van der Waals surface area contributed by atoms with E-state index in [1.165, 1.54) is 103 Å². The molecule has 179 valence electrons. The maximum absolute atomic E-state index is 2.71. The summed E-state index contributed by atoms with van der Waals surface area (Å²) in [6, 6.07) is 7.52. The number of anilines is 2. The highest BCUT2D eigenvalue weighted by atomic mass is 15.3. The summed E-state index contributed by atoms with van der Waals surface area (Å²) in [5.41, 5.74) is 5.13. The van der Waals surface area contributed by atoms with E-state index < -0.39 is 0 Å². The molecule has 2 saturated heterocycles. The van der Waals surface area contributed by atoms with Crippen LogP contribution in [0.5, 0.6) is 0 Å². The van der Waals surface area contributed by atoms with Crippen molar-refractivity contribution in [3.05, 3.63) is 30.2 Å². The van der Waals surface area contributed by atoms with E-state index in [9.17, 15) is 0 Å². The Hall–Kier alpha value is -1.22. The Bertz CT molecular complexity index is 700. The van der Waals surface area contributed by atoms with Gasteiger partial charge in [0.25, 0.3) is 0 Å². The summed E-state index contributed by atoms with van der Waals surface area (Å²) in [4.78, 5) is 8.00. The van der Waals surface area contributed by atoms with E-state index in [2.05, 4.69) is 67.0 Å². The van der Waals surface area contributed by atoms with E-state index in [0.717, 1.165) is 11.8 Å². The molecule has 0 aromatic heterocycles. The highest BCUT2D eigenvalue weighted by Gasteiger charge is 2.32. The third-order valence-corrected chi connectivity index (χ3v) is 8.52. The van der Waals surface area contributed by atoms with Gasteiger partial charge in [-0.25, -0.2) is 0 Å². The van der Waals surface area contributed by atoms with E-state index in [1.54, 1.807) is 11.3 Å². The van der Waals surface area contributed by atoms with Gasteiger partial charge >= 0.3 is 0 Å². The highest BCUT2D eigenvalue weighted by molar-refractivity contribution is 5.63. The number of piperazine rings is 1. The average Bonchev–Trinajstić information content (AvgIpc) is 2.83. The van der Waals surface area contributed by atoms with Gasteiger partial charge in [-0.1, -0.05) is 34.1 Å². The van der Waals surface area contributed by atoms with Crippen molar-refractivity contribution < 1.29 is 0 Å². The SMILES string of the molecule is CCCCN1CCN(c2ccc(N3CC[CH]CC3)cc2C2CCC(C(C)(C)C)CC2)CC1. The number of piperidine rings is 1. The minimum absolute atomic E-state index is 0.453. The fourth-order valence-electron chi connectivity index (χ4n) is 6.23. The van der Waals surface area contributed by atoms with Gasteiger partial charge in [-0.2, -0.15) is 0 Å². The summed E-state index contributed by atoms with van der Waals surface area (Å²) >= 11 is 0. The summed E-state index contributed by atoms with van der Waals surface area (Å²) in [5.74, 6) is 1.61. The molecule has 0 N–H and O–H groups in total. The van der Waals surface area contributed by atoms with Crippen LogP contribution < -0.4 is 9.80 Å². The van der Waals surface area contributed by atoms with Crippen LogP contribution >= 0.6 is 0 Å². The number of unbranched alkanes of at least 4 members (excludes halogenated alkanes) is 1. The lowest BCUT2D eigenvalue weighted by atomic mass is 9.68. The predicted molar refractivity (Wildman–Crippen MR) is 140 cm³/mol. The molecular weight excluding hydrogens is 390 g/mol. The summed E-state index contributed by atoms with van der Waals surface area (Å²) in [6.45, 7) is 18.1. The molecule has 1 saturated carbocycles. The first kappa shape index (κ1) is 23.9. The number of rotatable bonds is 6. The van der Waals surface area contributed by atoms with Crippen molar-refractivity contribution in [3.8, 4) is 0 Å². The lowest BCUT2D eigenvalue weighted by Gasteiger charge is -2.41. The van der Waals surface area contributed by atoms with E-state index in [-0.39, 0.29) is 0 Å². The van der Waals surface area contributed by atoms with E-state index in [0.29, 0.717) is 5.41 Å². The third kappa shape index (κ3) is 5.82. The molecule has 0 spiro atoms. The minimum atomic E-state index is 0.453. The molecular formula is C29H48N3. The zero-order valence-electron chi connectivity index (χ0n) is 21.4. The van der Waals surface area contributed by atoms with Crippen LogP contribution in [-0.2, 0) is 0 Å². The van der Waals surface area contributed by atoms with Gasteiger partial charge < -0.3 is 9.80 Å². The molecule has 3 fully saturated rings.